The van der Waals surface area contributed by atoms with Crippen LogP contribution in [0.15, 0.2) is 53.5 Å². The van der Waals surface area contributed by atoms with E-state index in [-0.39, 0.29) is 24.2 Å². The monoisotopic (exact) mass is 425 g/mol. The Balaban J connectivity index is 1.54. The molecule has 0 aromatic heterocycles. The zero-order valence-electron chi connectivity index (χ0n) is 17.7. The molecule has 0 saturated carbocycles. The topological polar surface area (TPSA) is 85.8 Å². The van der Waals surface area contributed by atoms with E-state index in [1.807, 2.05) is 25.1 Å². The molecule has 3 N–H and O–H groups in total. The minimum atomic E-state index is -0.203. The van der Waals surface area contributed by atoms with Crippen LogP contribution in [0.1, 0.15) is 28.4 Å². The van der Waals surface area contributed by atoms with Gasteiger partial charge in [-0.2, -0.15) is 0 Å². The highest BCUT2D eigenvalue weighted by atomic mass is 19.1. The third-order valence-corrected chi connectivity index (χ3v) is 4.94. The number of nitrogens with one attached hydrogen (secondary N) is 3. The van der Waals surface area contributed by atoms with Gasteiger partial charge in [-0.15, -0.1) is 0 Å². The van der Waals surface area contributed by atoms with Crippen molar-refractivity contribution in [2.45, 2.75) is 19.9 Å². The molecule has 2 amide bonds. The first-order valence-electron chi connectivity index (χ1n) is 10.5. The Hall–Kier alpha value is -3.42. The number of guanidine groups is 1. The summed E-state index contributed by atoms with van der Waals surface area (Å²) in [5.74, 6) is 0.168. The summed E-state index contributed by atoms with van der Waals surface area (Å²) in [6.07, 6.45) is 0.558. The number of hydrogen-bond donors (Lipinski definition) is 3. The lowest BCUT2D eigenvalue weighted by molar-refractivity contribution is -0.123. The fourth-order valence-electron chi connectivity index (χ4n) is 3.28. The molecule has 1 aliphatic heterocycles. The van der Waals surface area contributed by atoms with E-state index in [1.165, 1.54) is 6.07 Å². The molecular weight excluding hydrogens is 397 g/mol. The fourth-order valence-corrected chi connectivity index (χ4v) is 3.28. The Morgan fingerprint density at radius 2 is 1.94 bits per heavy atom. The van der Waals surface area contributed by atoms with E-state index >= 15 is 0 Å². The van der Waals surface area contributed by atoms with Gasteiger partial charge >= 0.3 is 0 Å². The average Bonchev–Trinajstić information content (AvgIpc) is 2.78. The van der Waals surface area contributed by atoms with Gasteiger partial charge in [0.2, 0.25) is 5.91 Å². The molecule has 164 valence electrons. The second kappa shape index (κ2) is 11.1. The van der Waals surface area contributed by atoms with Crippen molar-refractivity contribution in [2.75, 3.05) is 32.7 Å². The predicted molar refractivity (Wildman–Crippen MR) is 118 cm³/mol. The zero-order valence-corrected chi connectivity index (χ0v) is 17.7. The lowest BCUT2D eigenvalue weighted by Gasteiger charge is -2.26. The van der Waals surface area contributed by atoms with Crippen molar-refractivity contribution in [1.82, 2.24) is 20.9 Å². The van der Waals surface area contributed by atoms with Gasteiger partial charge in [0.25, 0.3) is 5.91 Å². The number of piperazine rings is 1. The molecule has 0 spiro atoms. The number of carbonyl (C=O) groups is 2. The van der Waals surface area contributed by atoms with Crippen LogP contribution in [0.25, 0.3) is 0 Å². The molecule has 1 aliphatic rings. The summed E-state index contributed by atoms with van der Waals surface area (Å²) in [7, 11) is 0. The van der Waals surface area contributed by atoms with Gasteiger partial charge in [0.05, 0.1) is 13.1 Å². The van der Waals surface area contributed by atoms with Crippen LogP contribution in [0.3, 0.4) is 0 Å². The quantitative estimate of drug-likeness (QED) is 0.466. The van der Waals surface area contributed by atoms with E-state index < -0.39 is 0 Å². The van der Waals surface area contributed by atoms with Crippen molar-refractivity contribution in [1.29, 1.82) is 0 Å². The van der Waals surface area contributed by atoms with Gasteiger partial charge < -0.3 is 20.9 Å². The van der Waals surface area contributed by atoms with Gasteiger partial charge in [0, 0.05) is 31.7 Å². The van der Waals surface area contributed by atoms with E-state index in [9.17, 15) is 14.0 Å². The molecule has 2 aromatic carbocycles. The van der Waals surface area contributed by atoms with Crippen LogP contribution in [-0.2, 0) is 17.8 Å². The van der Waals surface area contributed by atoms with Gasteiger partial charge in [0.15, 0.2) is 5.96 Å². The summed E-state index contributed by atoms with van der Waals surface area (Å²) in [5, 5.41) is 9.11. The van der Waals surface area contributed by atoms with E-state index in [4.69, 9.17) is 0 Å². The van der Waals surface area contributed by atoms with Crippen molar-refractivity contribution in [3.05, 3.63) is 71.0 Å². The van der Waals surface area contributed by atoms with Crippen molar-refractivity contribution >= 4 is 17.8 Å². The first-order valence-corrected chi connectivity index (χ1v) is 10.5. The Kier molecular flexibility index (Phi) is 7.98. The molecule has 31 heavy (non-hydrogen) atoms. The van der Waals surface area contributed by atoms with Crippen LogP contribution in [0.5, 0.6) is 0 Å². The van der Waals surface area contributed by atoms with E-state index in [2.05, 4.69) is 20.9 Å². The Morgan fingerprint density at radius 1 is 1.16 bits per heavy atom. The number of hydrogen-bond acceptors (Lipinski definition) is 3. The second-order valence-electron chi connectivity index (χ2n) is 7.24. The summed E-state index contributed by atoms with van der Waals surface area (Å²) in [6, 6.07) is 14.0. The number of amides is 2. The van der Waals surface area contributed by atoms with Crippen molar-refractivity contribution in [3.8, 4) is 0 Å². The average molecular weight is 426 g/mol. The standard InChI is InChI=1S/C23H28FN5O2/c1-2-25-23(27-12-11-18-5-3-4-6-20(18)24)28-15-17-7-9-19(10-8-17)22(31)29-14-13-26-21(30)16-29/h3-10H,2,11-16H2,1H3,(H,26,30)(H2,25,27,28). The van der Waals surface area contributed by atoms with Gasteiger partial charge in [-0.25, -0.2) is 9.38 Å². The molecule has 1 heterocycles. The SMILES string of the molecule is CCNC(=NCc1ccc(C(=O)N2CCNC(=O)C2)cc1)NCCc1ccccc1F. The highest BCUT2D eigenvalue weighted by molar-refractivity contribution is 5.97. The maximum Gasteiger partial charge on any atom is 0.254 e. The maximum absolute atomic E-state index is 13.7. The third-order valence-electron chi connectivity index (χ3n) is 4.94. The molecule has 1 fully saturated rings. The molecule has 0 unspecified atom stereocenters. The van der Waals surface area contributed by atoms with Crippen LogP contribution < -0.4 is 16.0 Å². The van der Waals surface area contributed by atoms with Crippen LogP contribution in [0.2, 0.25) is 0 Å². The summed E-state index contributed by atoms with van der Waals surface area (Å²) in [5.41, 5.74) is 2.17. The number of nitrogens with zero attached hydrogens (tertiary/aromatic N) is 2. The fraction of sp³-hybridized carbons (Fsp3) is 0.348. The summed E-state index contributed by atoms with van der Waals surface area (Å²) in [4.78, 5) is 30.1. The Labute approximate surface area is 181 Å². The number of aliphatic imine (C=N–C) groups is 1. The normalized spacial score (nSPS) is 14.2. The van der Waals surface area contributed by atoms with E-state index in [0.29, 0.717) is 56.2 Å². The molecule has 0 aliphatic carbocycles. The molecule has 1 saturated heterocycles. The van der Waals surface area contributed by atoms with Crippen molar-refractivity contribution in [2.24, 2.45) is 4.99 Å². The van der Waals surface area contributed by atoms with E-state index in [0.717, 1.165) is 5.56 Å². The molecule has 0 atom stereocenters. The van der Waals surface area contributed by atoms with Crippen LogP contribution in [-0.4, -0.2) is 55.4 Å². The zero-order chi connectivity index (χ0) is 22.1. The van der Waals surface area contributed by atoms with Crippen LogP contribution in [0, 0.1) is 5.82 Å². The first kappa shape index (κ1) is 22.3. The van der Waals surface area contributed by atoms with Crippen molar-refractivity contribution in [3.63, 3.8) is 0 Å². The third kappa shape index (κ3) is 6.53. The van der Waals surface area contributed by atoms with Gasteiger partial charge in [-0.1, -0.05) is 30.3 Å². The van der Waals surface area contributed by atoms with Crippen LogP contribution >= 0.6 is 0 Å². The lowest BCUT2D eigenvalue weighted by Crippen LogP contribution is -2.49. The number of benzene rings is 2. The first-order chi connectivity index (χ1) is 15.1. The van der Waals surface area contributed by atoms with Crippen LogP contribution in [0.4, 0.5) is 4.39 Å². The predicted octanol–water partition coefficient (Wildman–Crippen LogP) is 1.70. The van der Waals surface area contributed by atoms with Gasteiger partial charge in [-0.05, 0) is 42.7 Å². The smallest absolute Gasteiger partial charge is 0.254 e. The molecule has 2 aromatic rings. The second-order valence-corrected chi connectivity index (χ2v) is 7.24. The number of rotatable bonds is 7. The van der Waals surface area contributed by atoms with Gasteiger partial charge in [-0.3, -0.25) is 9.59 Å². The molecule has 0 bridgehead atoms. The summed E-state index contributed by atoms with van der Waals surface area (Å²) >= 11 is 0. The lowest BCUT2D eigenvalue weighted by atomic mass is 10.1. The maximum atomic E-state index is 13.7. The highest BCUT2D eigenvalue weighted by Crippen LogP contribution is 2.10. The molecule has 3 rings (SSSR count). The number of carbonyl (C=O) groups excluding carboxylic acids is 2. The van der Waals surface area contributed by atoms with E-state index in [1.54, 1.807) is 29.2 Å². The highest BCUT2D eigenvalue weighted by Gasteiger charge is 2.22. The molecule has 8 heteroatoms. The molecule has 7 nitrogen and oxygen atoms in total. The minimum absolute atomic E-state index is 0.0927. The summed E-state index contributed by atoms with van der Waals surface area (Å²) < 4.78 is 13.7. The summed E-state index contributed by atoms with van der Waals surface area (Å²) in [6.45, 7) is 4.78. The minimum Gasteiger partial charge on any atom is -0.357 e. The van der Waals surface area contributed by atoms with Gasteiger partial charge in [0.1, 0.15) is 5.82 Å². The van der Waals surface area contributed by atoms with Crippen molar-refractivity contribution < 1.29 is 14.0 Å². The molecular formula is C23H28FN5O2. The molecule has 0 radical (unpaired) electrons. The Morgan fingerprint density at radius 3 is 2.65 bits per heavy atom. The Bertz CT molecular complexity index is 930. The number of halogens is 1. The largest absolute Gasteiger partial charge is 0.357 e.